The number of carbonyl (C=O) groups is 1. The highest BCUT2D eigenvalue weighted by atomic mass is 16.4. The Morgan fingerprint density at radius 2 is 1.93 bits per heavy atom. The number of oxazole rings is 1. The summed E-state index contributed by atoms with van der Waals surface area (Å²) >= 11 is 0. The minimum atomic E-state index is -1.66. The molecule has 1 saturated heterocycles. The Balaban J connectivity index is 1.34. The molecule has 3 unspecified atom stereocenters. The van der Waals surface area contributed by atoms with E-state index in [4.69, 9.17) is 4.42 Å². The fourth-order valence-corrected chi connectivity index (χ4v) is 4.07. The largest absolute Gasteiger partial charge is 0.420 e. The van der Waals surface area contributed by atoms with Crippen molar-refractivity contribution in [1.82, 2.24) is 19.4 Å². The number of rotatable bonds is 4. The number of para-hydroxylation sites is 4. The van der Waals surface area contributed by atoms with Crippen LogP contribution in [0.15, 0.2) is 57.7 Å². The van der Waals surface area contributed by atoms with Gasteiger partial charge in [-0.1, -0.05) is 24.3 Å². The number of benzene rings is 2. The molecule has 9 nitrogen and oxygen atoms in total. The van der Waals surface area contributed by atoms with Gasteiger partial charge in [-0.2, -0.15) is 0 Å². The van der Waals surface area contributed by atoms with Gasteiger partial charge in [0.1, 0.15) is 11.9 Å². The van der Waals surface area contributed by atoms with E-state index in [1.165, 1.54) is 4.90 Å². The van der Waals surface area contributed by atoms with E-state index in [0.29, 0.717) is 35.1 Å². The Kier molecular flexibility index (Phi) is 4.41. The molecular weight excluding hydrogens is 388 g/mol. The number of amides is 1. The number of aromatic nitrogens is 3. The predicted molar refractivity (Wildman–Crippen MR) is 108 cm³/mol. The maximum atomic E-state index is 12.8. The molecule has 0 bridgehead atoms. The van der Waals surface area contributed by atoms with Crippen molar-refractivity contribution in [3.05, 3.63) is 64.9 Å². The molecule has 5 rings (SSSR count). The van der Waals surface area contributed by atoms with E-state index in [1.807, 2.05) is 18.2 Å². The van der Waals surface area contributed by atoms with Gasteiger partial charge in [0.2, 0.25) is 0 Å². The van der Waals surface area contributed by atoms with Crippen LogP contribution < -0.4 is 5.76 Å². The molecule has 3 heterocycles. The summed E-state index contributed by atoms with van der Waals surface area (Å²) < 4.78 is 6.83. The molecule has 0 saturated carbocycles. The van der Waals surface area contributed by atoms with E-state index < -0.39 is 23.9 Å². The van der Waals surface area contributed by atoms with Crippen molar-refractivity contribution in [3.8, 4) is 0 Å². The minimum Gasteiger partial charge on any atom is -0.408 e. The number of fused-ring (bicyclic) bond motifs is 2. The fourth-order valence-electron chi connectivity index (χ4n) is 4.07. The molecule has 9 heteroatoms. The van der Waals surface area contributed by atoms with Crippen LogP contribution in [0.4, 0.5) is 0 Å². The van der Waals surface area contributed by atoms with Crippen LogP contribution in [0.2, 0.25) is 0 Å². The van der Waals surface area contributed by atoms with Crippen LogP contribution in [0.25, 0.3) is 22.1 Å². The quantitative estimate of drug-likeness (QED) is 0.468. The third kappa shape index (κ3) is 2.99. The summed E-state index contributed by atoms with van der Waals surface area (Å²) in [6.07, 6.45) is -2.61. The first-order valence-corrected chi connectivity index (χ1v) is 9.72. The van der Waals surface area contributed by atoms with Gasteiger partial charge in [-0.3, -0.25) is 9.36 Å². The van der Waals surface area contributed by atoms with Gasteiger partial charge in [0.15, 0.2) is 11.7 Å². The molecule has 0 radical (unpaired) electrons. The lowest BCUT2D eigenvalue weighted by Crippen LogP contribution is -2.41. The molecule has 1 amide bonds. The van der Waals surface area contributed by atoms with Crippen LogP contribution in [-0.2, 0) is 4.79 Å². The van der Waals surface area contributed by atoms with Crippen LogP contribution in [0, 0.1) is 0 Å². The summed E-state index contributed by atoms with van der Waals surface area (Å²) in [5.41, 5.74) is 2.51. The molecule has 3 N–H and O–H groups in total. The standard InChI is InChI=1S/C21H20N4O5/c26-17(19-22-13-5-1-2-6-14(13)23-19)18(27)20(28)24-10-9-12(11-24)25-15-7-3-4-8-16(15)30-21(25)29/h1-8,12,17-18,26-27H,9-11H2,(H,22,23). The van der Waals surface area contributed by atoms with Crippen molar-refractivity contribution >= 4 is 28.0 Å². The van der Waals surface area contributed by atoms with E-state index in [-0.39, 0.29) is 18.4 Å². The Labute approximate surface area is 170 Å². The van der Waals surface area contributed by atoms with Gasteiger partial charge in [-0.25, -0.2) is 9.78 Å². The number of imidazole rings is 1. The second-order valence-corrected chi connectivity index (χ2v) is 7.46. The molecule has 1 fully saturated rings. The molecule has 0 spiro atoms. The third-order valence-electron chi connectivity index (χ3n) is 5.60. The summed E-state index contributed by atoms with van der Waals surface area (Å²) in [4.78, 5) is 33.7. The topological polar surface area (TPSA) is 125 Å². The maximum absolute atomic E-state index is 12.8. The Bertz CT molecular complexity index is 1260. The molecule has 0 aliphatic carbocycles. The molecule has 30 heavy (non-hydrogen) atoms. The second-order valence-electron chi connectivity index (χ2n) is 7.46. The van der Waals surface area contributed by atoms with Crippen LogP contribution in [0.5, 0.6) is 0 Å². The van der Waals surface area contributed by atoms with Crippen molar-refractivity contribution < 1.29 is 19.4 Å². The first kappa shape index (κ1) is 18.6. The SMILES string of the molecule is O=C(C(O)C(O)c1nc2ccccc2[nH]1)N1CCC(n2c(=O)oc3ccccc32)C1. The van der Waals surface area contributed by atoms with E-state index >= 15 is 0 Å². The number of aromatic amines is 1. The number of H-pyrrole nitrogens is 1. The minimum absolute atomic E-state index is 0.129. The Morgan fingerprint density at radius 3 is 2.77 bits per heavy atom. The third-order valence-corrected chi connectivity index (χ3v) is 5.60. The molecule has 2 aromatic carbocycles. The molecule has 1 aliphatic heterocycles. The van der Waals surface area contributed by atoms with Gasteiger partial charge >= 0.3 is 5.76 Å². The van der Waals surface area contributed by atoms with Gasteiger partial charge in [0, 0.05) is 13.1 Å². The molecule has 4 aromatic rings. The molecule has 1 aliphatic rings. The van der Waals surface area contributed by atoms with Crippen molar-refractivity contribution in [3.63, 3.8) is 0 Å². The maximum Gasteiger partial charge on any atom is 0.420 e. The zero-order chi connectivity index (χ0) is 20.8. The van der Waals surface area contributed by atoms with E-state index in [9.17, 15) is 19.8 Å². The number of nitrogens with one attached hydrogen (secondary N) is 1. The van der Waals surface area contributed by atoms with Gasteiger partial charge in [-0.05, 0) is 30.7 Å². The number of aliphatic hydroxyl groups is 2. The Hall–Kier alpha value is -3.43. The van der Waals surface area contributed by atoms with Gasteiger partial charge in [-0.15, -0.1) is 0 Å². The number of hydrogen-bond acceptors (Lipinski definition) is 6. The summed E-state index contributed by atoms with van der Waals surface area (Å²) in [5, 5.41) is 21.0. The highest BCUT2D eigenvalue weighted by Crippen LogP contribution is 2.27. The molecule has 3 atom stereocenters. The predicted octanol–water partition coefficient (Wildman–Crippen LogP) is 1.34. The van der Waals surface area contributed by atoms with Crippen LogP contribution >= 0.6 is 0 Å². The fraction of sp³-hybridized carbons (Fsp3) is 0.286. The van der Waals surface area contributed by atoms with E-state index in [0.717, 1.165) is 0 Å². The van der Waals surface area contributed by atoms with E-state index in [2.05, 4.69) is 9.97 Å². The number of hydrogen-bond donors (Lipinski definition) is 3. The number of carbonyl (C=O) groups excluding carboxylic acids is 1. The Morgan fingerprint density at radius 1 is 1.17 bits per heavy atom. The highest BCUT2D eigenvalue weighted by molar-refractivity contribution is 5.82. The first-order chi connectivity index (χ1) is 14.5. The van der Waals surface area contributed by atoms with Crippen LogP contribution in [-0.4, -0.2) is 54.7 Å². The highest BCUT2D eigenvalue weighted by Gasteiger charge is 2.36. The van der Waals surface area contributed by atoms with Crippen molar-refractivity contribution in [2.75, 3.05) is 13.1 Å². The van der Waals surface area contributed by atoms with Crippen LogP contribution in [0.1, 0.15) is 24.4 Å². The second kappa shape index (κ2) is 7.12. The number of nitrogens with zero attached hydrogens (tertiary/aromatic N) is 3. The average Bonchev–Trinajstić information content (AvgIpc) is 3.47. The molecule has 2 aromatic heterocycles. The molecule has 154 valence electrons. The van der Waals surface area contributed by atoms with E-state index in [1.54, 1.807) is 34.9 Å². The summed E-state index contributed by atoms with van der Waals surface area (Å²) in [7, 11) is 0. The summed E-state index contributed by atoms with van der Waals surface area (Å²) in [6, 6.07) is 14.1. The summed E-state index contributed by atoms with van der Waals surface area (Å²) in [5.74, 6) is -0.950. The van der Waals surface area contributed by atoms with Gasteiger partial charge in [0.05, 0.1) is 22.6 Å². The monoisotopic (exact) mass is 408 g/mol. The van der Waals surface area contributed by atoms with Gasteiger partial charge < -0.3 is 24.5 Å². The lowest BCUT2D eigenvalue weighted by Gasteiger charge is -2.22. The van der Waals surface area contributed by atoms with Crippen molar-refractivity contribution in [1.29, 1.82) is 0 Å². The lowest BCUT2D eigenvalue weighted by atomic mass is 10.1. The van der Waals surface area contributed by atoms with Crippen molar-refractivity contribution in [2.45, 2.75) is 24.7 Å². The van der Waals surface area contributed by atoms with Crippen molar-refractivity contribution in [2.24, 2.45) is 0 Å². The first-order valence-electron chi connectivity index (χ1n) is 9.72. The average molecular weight is 408 g/mol. The number of aliphatic hydroxyl groups excluding tert-OH is 2. The smallest absolute Gasteiger partial charge is 0.408 e. The summed E-state index contributed by atoms with van der Waals surface area (Å²) in [6.45, 7) is 0.603. The molecular formula is C21H20N4O5. The lowest BCUT2D eigenvalue weighted by molar-refractivity contribution is -0.145. The van der Waals surface area contributed by atoms with Gasteiger partial charge in [0.25, 0.3) is 5.91 Å². The normalized spacial score (nSPS) is 18.9. The van der Waals surface area contributed by atoms with Crippen LogP contribution in [0.3, 0.4) is 0 Å². The number of likely N-dealkylation sites (tertiary alicyclic amines) is 1. The zero-order valence-electron chi connectivity index (χ0n) is 15.9. The zero-order valence-corrected chi connectivity index (χ0v) is 15.9.